The number of anilines is 1. The Morgan fingerprint density at radius 2 is 2.06 bits per heavy atom. The van der Waals surface area contributed by atoms with Gasteiger partial charge in [-0.1, -0.05) is 0 Å². The minimum Gasteiger partial charge on any atom is -0.478 e. The summed E-state index contributed by atoms with van der Waals surface area (Å²) in [5, 5.41) is 9.99. The molecule has 6 nitrogen and oxygen atoms in total. The van der Waals surface area contributed by atoms with Crippen molar-refractivity contribution >= 4 is 27.4 Å². The van der Waals surface area contributed by atoms with Gasteiger partial charge in [0, 0.05) is 0 Å². The highest BCUT2D eigenvalue weighted by atomic mass is 32.2. The number of fused-ring (bicyclic) bond motifs is 1. The number of sulfone groups is 1. The summed E-state index contributed by atoms with van der Waals surface area (Å²) in [5.41, 5.74) is -0.0539. The smallest absolute Gasteiger partial charge is 0.335 e. The highest BCUT2D eigenvalue weighted by molar-refractivity contribution is 7.93. The van der Waals surface area contributed by atoms with Crippen molar-refractivity contribution in [3.05, 3.63) is 23.8 Å². The predicted molar refractivity (Wildman–Crippen MR) is 58.7 cm³/mol. The maximum atomic E-state index is 11.9. The van der Waals surface area contributed by atoms with Gasteiger partial charge in [0.25, 0.3) is 0 Å². The Kier molecular flexibility index (Phi) is 2.43. The van der Waals surface area contributed by atoms with Crippen LogP contribution < -0.4 is 5.32 Å². The van der Waals surface area contributed by atoms with E-state index < -0.39 is 27.0 Å². The molecule has 0 bridgehead atoms. The fourth-order valence-corrected chi connectivity index (χ4v) is 2.97. The molecule has 1 aliphatic rings. The van der Waals surface area contributed by atoms with Crippen LogP contribution >= 0.6 is 0 Å². The van der Waals surface area contributed by atoms with Crippen LogP contribution in [0.25, 0.3) is 0 Å². The molecule has 90 valence electrons. The van der Waals surface area contributed by atoms with Gasteiger partial charge in [0.2, 0.25) is 5.91 Å². The van der Waals surface area contributed by atoms with Crippen molar-refractivity contribution in [2.24, 2.45) is 0 Å². The first kappa shape index (κ1) is 11.6. The lowest BCUT2D eigenvalue weighted by molar-refractivity contribution is -0.115. The number of carbonyl (C=O) groups excluding carboxylic acids is 1. The third-order valence-electron chi connectivity index (χ3n) is 2.63. The van der Waals surface area contributed by atoms with Gasteiger partial charge < -0.3 is 10.4 Å². The number of aromatic carboxylic acids is 1. The van der Waals surface area contributed by atoms with Crippen molar-refractivity contribution in [1.29, 1.82) is 0 Å². The van der Waals surface area contributed by atoms with Gasteiger partial charge in [0.1, 0.15) is 5.25 Å². The number of hydrogen-bond donors (Lipinski definition) is 2. The topological polar surface area (TPSA) is 101 Å². The molecule has 0 aromatic heterocycles. The van der Waals surface area contributed by atoms with E-state index in [1.165, 1.54) is 19.1 Å². The molecule has 1 atom stereocenters. The summed E-state index contributed by atoms with van der Waals surface area (Å²) in [6, 6.07) is 3.53. The van der Waals surface area contributed by atoms with Gasteiger partial charge in [-0.2, -0.15) is 0 Å². The average Bonchev–Trinajstić information content (AvgIpc) is 2.25. The number of carboxylic acids is 1. The zero-order valence-electron chi connectivity index (χ0n) is 8.80. The number of carboxylic acid groups (broad SMARTS) is 1. The third kappa shape index (κ3) is 1.68. The molecule has 1 aliphatic heterocycles. The predicted octanol–water partition coefficient (Wildman–Crippen LogP) is 0.499. The Bertz CT molecular complexity index is 620. The monoisotopic (exact) mass is 255 g/mol. The summed E-state index contributed by atoms with van der Waals surface area (Å²) in [4.78, 5) is 22.1. The normalized spacial score (nSPS) is 21.5. The van der Waals surface area contributed by atoms with E-state index in [1.54, 1.807) is 0 Å². The largest absolute Gasteiger partial charge is 0.478 e. The van der Waals surface area contributed by atoms with Crippen molar-refractivity contribution in [3.8, 4) is 0 Å². The quantitative estimate of drug-likeness (QED) is 0.761. The molecule has 1 aromatic carbocycles. The molecule has 0 fully saturated rings. The van der Waals surface area contributed by atoms with E-state index in [-0.39, 0.29) is 16.1 Å². The second-order valence-corrected chi connectivity index (χ2v) is 5.93. The Morgan fingerprint density at radius 1 is 1.41 bits per heavy atom. The van der Waals surface area contributed by atoms with Crippen molar-refractivity contribution in [1.82, 2.24) is 0 Å². The van der Waals surface area contributed by atoms with Gasteiger partial charge in [0.15, 0.2) is 9.84 Å². The summed E-state index contributed by atoms with van der Waals surface area (Å²) in [6.07, 6.45) is 0. The first-order chi connectivity index (χ1) is 7.84. The SMILES string of the molecule is CC1C(=O)Nc2cc(C(=O)O)ccc2S1(=O)=O. The van der Waals surface area contributed by atoms with Crippen LogP contribution in [0.15, 0.2) is 23.1 Å². The molecular weight excluding hydrogens is 246 g/mol. The van der Waals surface area contributed by atoms with Crippen LogP contribution in [-0.4, -0.2) is 30.7 Å². The van der Waals surface area contributed by atoms with Crippen molar-refractivity contribution in [2.75, 3.05) is 5.32 Å². The van der Waals surface area contributed by atoms with E-state index in [2.05, 4.69) is 5.32 Å². The Balaban J connectivity index is 2.67. The lowest BCUT2D eigenvalue weighted by Crippen LogP contribution is -2.37. The second kappa shape index (κ2) is 3.56. The van der Waals surface area contributed by atoms with Gasteiger partial charge in [-0.05, 0) is 25.1 Å². The van der Waals surface area contributed by atoms with Crippen LogP contribution in [0, 0.1) is 0 Å². The summed E-state index contributed by atoms with van der Waals surface area (Å²) >= 11 is 0. The van der Waals surface area contributed by atoms with Crippen molar-refractivity contribution in [2.45, 2.75) is 17.1 Å². The van der Waals surface area contributed by atoms with Crippen molar-refractivity contribution < 1.29 is 23.1 Å². The van der Waals surface area contributed by atoms with E-state index >= 15 is 0 Å². The molecule has 7 heteroatoms. The minimum atomic E-state index is -3.72. The van der Waals surface area contributed by atoms with Gasteiger partial charge in [-0.15, -0.1) is 0 Å². The average molecular weight is 255 g/mol. The molecular formula is C10H9NO5S. The minimum absolute atomic E-state index is 0.0213. The zero-order chi connectivity index (χ0) is 12.8. The Labute approximate surface area is 97.2 Å². The van der Waals surface area contributed by atoms with E-state index in [4.69, 9.17) is 5.11 Å². The molecule has 1 unspecified atom stereocenters. The lowest BCUT2D eigenvalue weighted by atomic mass is 10.2. The Hall–Kier alpha value is -1.89. The van der Waals surface area contributed by atoms with Crippen LogP contribution in [0.2, 0.25) is 0 Å². The number of carbonyl (C=O) groups is 2. The molecule has 1 aromatic rings. The number of nitrogens with one attached hydrogen (secondary N) is 1. The van der Waals surface area contributed by atoms with E-state index in [0.717, 1.165) is 6.07 Å². The number of amides is 1. The molecule has 2 N–H and O–H groups in total. The van der Waals surface area contributed by atoms with Crippen LogP contribution in [0.1, 0.15) is 17.3 Å². The maximum absolute atomic E-state index is 11.9. The molecule has 0 aliphatic carbocycles. The first-order valence-electron chi connectivity index (χ1n) is 4.76. The zero-order valence-corrected chi connectivity index (χ0v) is 9.61. The van der Waals surface area contributed by atoms with E-state index in [9.17, 15) is 18.0 Å². The maximum Gasteiger partial charge on any atom is 0.335 e. The molecule has 1 heterocycles. The van der Waals surface area contributed by atoms with Gasteiger partial charge in [0.05, 0.1) is 16.1 Å². The van der Waals surface area contributed by atoms with Crippen LogP contribution in [0.5, 0.6) is 0 Å². The molecule has 0 saturated heterocycles. The van der Waals surface area contributed by atoms with Gasteiger partial charge in [-0.3, -0.25) is 4.79 Å². The standard InChI is InChI=1S/C10H9NO5S/c1-5-9(12)11-7-4-6(10(13)14)2-3-8(7)17(5,15)16/h2-5H,1H3,(H,11,12)(H,13,14). The Morgan fingerprint density at radius 3 is 2.65 bits per heavy atom. The summed E-state index contributed by atoms with van der Waals surface area (Å²) < 4.78 is 23.8. The number of rotatable bonds is 1. The second-order valence-electron chi connectivity index (χ2n) is 3.69. The fraction of sp³-hybridized carbons (Fsp3) is 0.200. The summed E-state index contributed by atoms with van der Waals surface area (Å²) in [6.45, 7) is 1.29. The highest BCUT2D eigenvalue weighted by Gasteiger charge is 2.36. The van der Waals surface area contributed by atoms with Gasteiger partial charge >= 0.3 is 5.97 Å². The van der Waals surface area contributed by atoms with Crippen LogP contribution in [-0.2, 0) is 14.6 Å². The molecule has 1 amide bonds. The third-order valence-corrected chi connectivity index (χ3v) is 4.74. The highest BCUT2D eigenvalue weighted by Crippen LogP contribution is 2.30. The van der Waals surface area contributed by atoms with E-state index in [0.29, 0.717) is 0 Å². The molecule has 0 saturated carbocycles. The van der Waals surface area contributed by atoms with Crippen LogP contribution in [0.4, 0.5) is 5.69 Å². The molecule has 2 rings (SSSR count). The van der Waals surface area contributed by atoms with Gasteiger partial charge in [-0.25, -0.2) is 13.2 Å². The lowest BCUT2D eigenvalue weighted by Gasteiger charge is -2.22. The van der Waals surface area contributed by atoms with Crippen molar-refractivity contribution in [3.63, 3.8) is 0 Å². The van der Waals surface area contributed by atoms with E-state index in [1.807, 2.05) is 0 Å². The first-order valence-corrected chi connectivity index (χ1v) is 6.31. The molecule has 0 radical (unpaired) electrons. The van der Waals surface area contributed by atoms with Crippen LogP contribution in [0.3, 0.4) is 0 Å². The summed E-state index contributed by atoms with van der Waals surface area (Å²) in [7, 11) is -3.72. The molecule has 17 heavy (non-hydrogen) atoms. The fourth-order valence-electron chi connectivity index (χ4n) is 1.57. The number of hydrogen-bond acceptors (Lipinski definition) is 4. The summed E-state index contributed by atoms with van der Waals surface area (Å²) in [5.74, 6) is -1.84. The molecule has 0 spiro atoms. The number of benzene rings is 1.